The van der Waals surface area contributed by atoms with E-state index in [1.807, 2.05) is 13.0 Å². The van der Waals surface area contributed by atoms with Crippen LogP contribution in [0.2, 0.25) is 0 Å². The summed E-state index contributed by atoms with van der Waals surface area (Å²) in [7, 11) is 0. The van der Waals surface area contributed by atoms with Crippen molar-refractivity contribution in [1.82, 2.24) is 0 Å². The van der Waals surface area contributed by atoms with Gasteiger partial charge < -0.3 is 10.5 Å². The Bertz CT molecular complexity index is 706. The van der Waals surface area contributed by atoms with Crippen molar-refractivity contribution in [2.45, 2.75) is 33.1 Å². The smallest absolute Gasteiger partial charge is 0.150 e. The van der Waals surface area contributed by atoms with Gasteiger partial charge in [-0.3, -0.25) is 0 Å². The van der Waals surface area contributed by atoms with Crippen molar-refractivity contribution in [3.8, 4) is 17.6 Å². The molecule has 108 valence electrons. The van der Waals surface area contributed by atoms with Crippen molar-refractivity contribution >= 4 is 5.69 Å². The Morgan fingerprint density at radius 1 is 1.05 bits per heavy atom. The maximum absolute atomic E-state index is 8.85. The van der Waals surface area contributed by atoms with Crippen LogP contribution in [0.25, 0.3) is 0 Å². The lowest BCUT2D eigenvalue weighted by molar-refractivity contribution is 0.480. The fourth-order valence-electron chi connectivity index (χ4n) is 2.06. The van der Waals surface area contributed by atoms with E-state index >= 15 is 0 Å². The molecular formula is C18H20N2O. The molecule has 0 saturated heterocycles. The van der Waals surface area contributed by atoms with Crippen molar-refractivity contribution in [1.29, 1.82) is 5.26 Å². The van der Waals surface area contributed by atoms with Gasteiger partial charge in [0.15, 0.2) is 0 Å². The number of nitrogens with zero attached hydrogens (tertiary/aromatic N) is 1. The average molecular weight is 280 g/mol. The topological polar surface area (TPSA) is 59.0 Å². The molecule has 2 N–H and O–H groups in total. The predicted octanol–water partition coefficient (Wildman–Crippen LogP) is 4.54. The zero-order valence-electron chi connectivity index (χ0n) is 12.9. The van der Waals surface area contributed by atoms with Gasteiger partial charge in [0.05, 0.1) is 17.3 Å². The summed E-state index contributed by atoms with van der Waals surface area (Å²) in [4.78, 5) is 0. The van der Waals surface area contributed by atoms with Gasteiger partial charge in [-0.15, -0.1) is 0 Å². The lowest BCUT2D eigenvalue weighted by atomic mass is 9.86. The molecule has 3 nitrogen and oxygen atoms in total. The van der Waals surface area contributed by atoms with Gasteiger partial charge in [-0.2, -0.15) is 5.26 Å². The summed E-state index contributed by atoms with van der Waals surface area (Å²) in [5.41, 5.74) is 9.34. The molecule has 2 rings (SSSR count). The van der Waals surface area contributed by atoms with Crippen LogP contribution in [0.3, 0.4) is 0 Å². The molecule has 0 amide bonds. The fourth-order valence-corrected chi connectivity index (χ4v) is 2.06. The molecule has 0 fully saturated rings. The van der Waals surface area contributed by atoms with E-state index in [-0.39, 0.29) is 5.41 Å². The molecule has 0 aliphatic heterocycles. The Morgan fingerprint density at radius 2 is 1.71 bits per heavy atom. The zero-order valence-corrected chi connectivity index (χ0v) is 12.9. The average Bonchev–Trinajstić information content (AvgIpc) is 2.41. The van der Waals surface area contributed by atoms with Crippen molar-refractivity contribution in [2.75, 3.05) is 5.73 Å². The van der Waals surface area contributed by atoms with Crippen LogP contribution >= 0.6 is 0 Å². The maximum Gasteiger partial charge on any atom is 0.150 e. The molecule has 0 aliphatic rings. The first kappa shape index (κ1) is 14.9. The highest BCUT2D eigenvalue weighted by atomic mass is 16.5. The first-order chi connectivity index (χ1) is 9.81. The standard InChI is InChI=1S/C18H20N2O/c1-12-9-14(18(2,3)4)6-8-16(12)21-17-7-5-13(11-19)10-15(17)20/h5-10H,20H2,1-4H3. The Morgan fingerprint density at radius 3 is 2.24 bits per heavy atom. The molecule has 3 heteroatoms. The summed E-state index contributed by atoms with van der Waals surface area (Å²) in [5.74, 6) is 1.35. The minimum Gasteiger partial charge on any atom is -0.455 e. The van der Waals surface area contributed by atoms with Crippen LogP contribution in [0, 0.1) is 18.3 Å². The summed E-state index contributed by atoms with van der Waals surface area (Å²) in [5, 5.41) is 8.85. The van der Waals surface area contributed by atoms with Gasteiger partial charge in [-0.25, -0.2) is 0 Å². The van der Waals surface area contributed by atoms with Crippen LogP contribution in [0.1, 0.15) is 37.5 Å². The molecule has 0 atom stereocenters. The Balaban J connectivity index is 2.31. The van der Waals surface area contributed by atoms with Crippen LogP contribution in [-0.2, 0) is 5.41 Å². The molecule has 0 bridgehead atoms. The van der Waals surface area contributed by atoms with E-state index in [0.29, 0.717) is 17.0 Å². The number of nitriles is 1. The summed E-state index contributed by atoms with van der Waals surface area (Å²) in [6, 6.07) is 13.3. The summed E-state index contributed by atoms with van der Waals surface area (Å²) >= 11 is 0. The van der Waals surface area contributed by atoms with Gasteiger partial charge in [0.1, 0.15) is 11.5 Å². The van der Waals surface area contributed by atoms with Crippen LogP contribution in [0.5, 0.6) is 11.5 Å². The minimum absolute atomic E-state index is 0.108. The number of ether oxygens (including phenoxy) is 1. The number of aryl methyl sites for hydroxylation is 1. The lowest BCUT2D eigenvalue weighted by Gasteiger charge is -2.20. The Hall–Kier alpha value is -2.47. The van der Waals surface area contributed by atoms with Gasteiger partial charge in [0, 0.05) is 0 Å². The summed E-state index contributed by atoms with van der Waals surface area (Å²) in [6.07, 6.45) is 0. The van der Waals surface area contributed by atoms with Crippen molar-refractivity contribution in [3.05, 3.63) is 53.1 Å². The zero-order chi connectivity index (χ0) is 15.6. The highest BCUT2D eigenvalue weighted by molar-refractivity contribution is 5.58. The fraction of sp³-hybridized carbons (Fsp3) is 0.278. The summed E-state index contributed by atoms with van der Waals surface area (Å²) in [6.45, 7) is 8.56. The van der Waals surface area contributed by atoms with E-state index in [1.165, 1.54) is 5.56 Å². The van der Waals surface area contributed by atoms with Crippen LogP contribution in [0.4, 0.5) is 5.69 Å². The van der Waals surface area contributed by atoms with Crippen LogP contribution in [-0.4, -0.2) is 0 Å². The van der Waals surface area contributed by atoms with Crippen molar-refractivity contribution in [2.24, 2.45) is 0 Å². The molecule has 0 heterocycles. The van der Waals surface area contributed by atoms with E-state index in [0.717, 1.165) is 11.3 Å². The van der Waals surface area contributed by atoms with Gasteiger partial charge in [-0.05, 0) is 47.7 Å². The first-order valence-electron chi connectivity index (χ1n) is 6.90. The Labute approximate surface area is 126 Å². The van der Waals surface area contributed by atoms with Crippen molar-refractivity contribution < 1.29 is 4.74 Å². The van der Waals surface area contributed by atoms with Gasteiger partial charge in [-0.1, -0.05) is 32.9 Å². The SMILES string of the molecule is Cc1cc(C(C)(C)C)ccc1Oc1ccc(C#N)cc1N. The van der Waals surface area contributed by atoms with Crippen LogP contribution < -0.4 is 10.5 Å². The number of nitrogens with two attached hydrogens (primary N) is 1. The normalized spacial score (nSPS) is 11.0. The van der Waals surface area contributed by atoms with E-state index in [2.05, 4.69) is 39.0 Å². The second kappa shape index (κ2) is 5.49. The number of hydrogen-bond donors (Lipinski definition) is 1. The number of anilines is 1. The molecule has 0 radical (unpaired) electrons. The quantitative estimate of drug-likeness (QED) is 0.822. The van der Waals surface area contributed by atoms with Gasteiger partial charge in [0.2, 0.25) is 0 Å². The maximum atomic E-state index is 8.85. The molecule has 0 saturated carbocycles. The first-order valence-corrected chi connectivity index (χ1v) is 6.90. The van der Waals surface area contributed by atoms with E-state index in [1.54, 1.807) is 18.2 Å². The van der Waals surface area contributed by atoms with E-state index in [9.17, 15) is 0 Å². The van der Waals surface area contributed by atoms with Gasteiger partial charge in [0.25, 0.3) is 0 Å². The molecule has 2 aromatic rings. The summed E-state index contributed by atoms with van der Waals surface area (Å²) < 4.78 is 5.87. The molecule has 2 aromatic carbocycles. The van der Waals surface area contributed by atoms with E-state index in [4.69, 9.17) is 15.7 Å². The lowest BCUT2D eigenvalue weighted by Crippen LogP contribution is -2.11. The highest BCUT2D eigenvalue weighted by Crippen LogP contribution is 2.32. The molecule has 0 unspecified atom stereocenters. The predicted molar refractivity (Wildman–Crippen MR) is 85.5 cm³/mol. The molecule has 0 aliphatic carbocycles. The van der Waals surface area contributed by atoms with E-state index < -0.39 is 0 Å². The monoisotopic (exact) mass is 280 g/mol. The number of rotatable bonds is 2. The molecule has 21 heavy (non-hydrogen) atoms. The van der Waals surface area contributed by atoms with Crippen LogP contribution in [0.15, 0.2) is 36.4 Å². The second-order valence-electron chi connectivity index (χ2n) is 6.20. The third kappa shape index (κ3) is 3.35. The number of benzene rings is 2. The van der Waals surface area contributed by atoms with Crippen molar-refractivity contribution in [3.63, 3.8) is 0 Å². The molecular weight excluding hydrogens is 260 g/mol. The highest BCUT2D eigenvalue weighted by Gasteiger charge is 2.15. The number of hydrogen-bond acceptors (Lipinski definition) is 3. The second-order valence-corrected chi connectivity index (χ2v) is 6.20. The molecule has 0 aromatic heterocycles. The van der Waals surface area contributed by atoms with Gasteiger partial charge >= 0.3 is 0 Å². The Kier molecular flexibility index (Phi) is 3.90. The third-order valence-corrected chi connectivity index (χ3v) is 3.40. The largest absolute Gasteiger partial charge is 0.455 e. The minimum atomic E-state index is 0.108. The molecule has 0 spiro atoms. The third-order valence-electron chi connectivity index (χ3n) is 3.40. The number of nitrogen functional groups attached to an aromatic ring is 1.